The number of allylic oxidation sites excluding steroid dienone is 2. The van der Waals surface area contributed by atoms with Crippen LogP contribution in [0, 0.1) is 5.92 Å². The average molecular weight is 341 g/mol. The number of carbonyl (C=O) groups excluding carboxylic acids is 2. The highest BCUT2D eigenvalue weighted by Gasteiger charge is 2.39. The third-order valence-corrected chi connectivity index (χ3v) is 4.69. The van der Waals surface area contributed by atoms with Crippen molar-refractivity contribution in [3.05, 3.63) is 82.6 Å². The van der Waals surface area contributed by atoms with Crippen LogP contribution in [0.2, 0.25) is 5.02 Å². The minimum absolute atomic E-state index is 0.183. The lowest BCUT2D eigenvalue weighted by Crippen LogP contribution is -2.33. The first-order valence-electron chi connectivity index (χ1n) is 7.74. The van der Waals surface area contributed by atoms with Crippen molar-refractivity contribution in [3.63, 3.8) is 0 Å². The van der Waals surface area contributed by atoms with Crippen molar-refractivity contribution in [3.8, 4) is 0 Å². The molecule has 0 saturated carbocycles. The summed E-state index contributed by atoms with van der Waals surface area (Å²) in [7, 11) is 1.53. The Bertz CT molecular complexity index is 796. The molecule has 2 aromatic carbocycles. The van der Waals surface area contributed by atoms with Gasteiger partial charge in [-0.15, -0.1) is 0 Å². The fourth-order valence-corrected chi connectivity index (χ4v) is 3.42. The highest BCUT2D eigenvalue weighted by Crippen LogP contribution is 2.40. The van der Waals surface area contributed by atoms with Crippen LogP contribution >= 0.6 is 11.6 Å². The molecule has 1 aliphatic rings. The monoisotopic (exact) mass is 340 g/mol. The Hall–Kier alpha value is -2.39. The maximum Gasteiger partial charge on any atom is 0.174 e. The van der Waals surface area contributed by atoms with Gasteiger partial charge in [0, 0.05) is 29.0 Å². The Morgan fingerprint density at radius 2 is 1.75 bits per heavy atom. The van der Waals surface area contributed by atoms with Gasteiger partial charge < -0.3 is 4.74 Å². The summed E-state index contributed by atoms with van der Waals surface area (Å²) in [6.45, 7) is 0. The van der Waals surface area contributed by atoms with Gasteiger partial charge in [-0.1, -0.05) is 60.1 Å². The molecule has 0 aromatic heterocycles. The van der Waals surface area contributed by atoms with Crippen molar-refractivity contribution in [2.75, 3.05) is 7.11 Å². The molecule has 0 fully saturated rings. The van der Waals surface area contributed by atoms with Crippen molar-refractivity contribution >= 4 is 23.2 Å². The summed E-state index contributed by atoms with van der Waals surface area (Å²) < 4.78 is 5.27. The van der Waals surface area contributed by atoms with Gasteiger partial charge in [0.1, 0.15) is 0 Å². The number of methoxy groups -OCH3 is 1. The molecule has 2 aromatic rings. The molecule has 2 unspecified atom stereocenters. The van der Waals surface area contributed by atoms with Crippen LogP contribution in [-0.4, -0.2) is 18.7 Å². The van der Waals surface area contributed by atoms with E-state index in [-0.39, 0.29) is 17.5 Å². The first kappa shape index (κ1) is 16.5. The fourth-order valence-electron chi connectivity index (χ4n) is 3.14. The van der Waals surface area contributed by atoms with Crippen molar-refractivity contribution < 1.29 is 14.3 Å². The number of hydrogen-bond donors (Lipinski definition) is 0. The van der Waals surface area contributed by atoms with Crippen molar-refractivity contribution in [2.24, 2.45) is 5.92 Å². The number of carbonyl (C=O) groups is 2. The largest absolute Gasteiger partial charge is 0.501 e. The maximum atomic E-state index is 13.0. The zero-order valence-corrected chi connectivity index (χ0v) is 14.0. The number of rotatable bonds is 4. The molecule has 0 spiro atoms. The second-order valence-corrected chi connectivity index (χ2v) is 6.16. The summed E-state index contributed by atoms with van der Waals surface area (Å²) in [4.78, 5) is 25.6. The molecule has 0 heterocycles. The Morgan fingerprint density at radius 3 is 2.42 bits per heavy atom. The quantitative estimate of drug-likeness (QED) is 0.611. The van der Waals surface area contributed by atoms with E-state index < -0.39 is 5.92 Å². The van der Waals surface area contributed by atoms with E-state index in [2.05, 4.69) is 0 Å². The topological polar surface area (TPSA) is 43.4 Å². The van der Waals surface area contributed by atoms with Gasteiger partial charge in [0.05, 0.1) is 18.8 Å². The highest BCUT2D eigenvalue weighted by molar-refractivity contribution is 6.31. The van der Waals surface area contributed by atoms with E-state index in [1.807, 2.05) is 24.3 Å². The van der Waals surface area contributed by atoms with Gasteiger partial charge in [0.2, 0.25) is 0 Å². The Labute approximate surface area is 145 Å². The predicted molar refractivity (Wildman–Crippen MR) is 93.2 cm³/mol. The molecule has 0 saturated heterocycles. The predicted octanol–water partition coefficient (Wildman–Crippen LogP) is 4.43. The van der Waals surface area contributed by atoms with Crippen LogP contribution in [0.5, 0.6) is 0 Å². The summed E-state index contributed by atoms with van der Waals surface area (Å²) in [6.07, 6.45) is 1.90. The molecule has 24 heavy (non-hydrogen) atoms. The van der Waals surface area contributed by atoms with Gasteiger partial charge in [-0.3, -0.25) is 9.59 Å². The summed E-state index contributed by atoms with van der Waals surface area (Å²) in [6, 6.07) is 16.2. The molecule has 2 atom stereocenters. The second kappa shape index (κ2) is 7.02. The number of benzene rings is 2. The lowest BCUT2D eigenvalue weighted by molar-refractivity contribution is -0.118. The number of hydrogen-bond acceptors (Lipinski definition) is 3. The molecule has 122 valence electrons. The molecule has 0 radical (unpaired) electrons. The van der Waals surface area contributed by atoms with Gasteiger partial charge in [0.15, 0.2) is 11.6 Å². The third kappa shape index (κ3) is 3.13. The van der Waals surface area contributed by atoms with Crippen LogP contribution in [0.3, 0.4) is 0 Å². The van der Waals surface area contributed by atoms with Gasteiger partial charge in [-0.25, -0.2) is 0 Å². The molecule has 4 heteroatoms. The fraction of sp³-hybridized carbons (Fsp3) is 0.200. The van der Waals surface area contributed by atoms with Crippen molar-refractivity contribution in [1.82, 2.24) is 0 Å². The molecule has 3 rings (SSSR count). The normalized spacial score (nSPS) is 20.4. The summed E-state index contributed by atoms with van der Waals surface area (Å²) in [5, 5.41) is 0.554. The van der Waals surface area contributed by atoms with Crippen LogP contribution in [-0.2, 0) is 9.53 Å². The van der Waals surface area contributed by atoms with E-state index >= 15 is 0 Å². The zero-order chi connectivity index (χ0) is 17.1. The smallest absolute Gasteiger partial charge is 0.174 e. The molecule has 3 nitrogen and oxygen atoms in total. The van der Waals surface area contributed by atoms with Crippen molar-refractivity contribution in [1.29, 1.82) is 0 Å². The standard InChI is InChI=1S/C20H17ClO3/c1-24-14-11-16(15-9-5-6-10-17(15)21)19(18(22)12-14)20(23)13-7-3-2-4-8-13/h2-10,12,16,19H,11H2,1H3. The lowest BCUT2D eigenvalue weighted by atomic mass is 9.73. The van der Waals surface area contributed by atoms with E-state index in [9.17, 15) is 9.59 Å². The molecule has 0 N–H and O–H groups in total. The van der Waals surface area contributed by atoms with E-state index in [0.29, 0.717) is 22.8 Å². The summed E-state index contributed by atoms with van der Waals surface area (Å²) >= 11 is 6.33. The van der Waals surface area contributed by atoms with Gasteiger partial charge in [-0.2, -0.15) is 0 Å². The third-order valence-electron chi connectivity index (χ3n) is 4.34. The van der Waals surface area contributed by atoms with Gasteiger partial charge in [-0.05, 0) is 11.6 Å². The van der Waals surface area contributed by atoms with Crippen LogP contribution in [0.25, 0.3) is 0 Å². The van der Waals surface area contributed by atoms with Crippen LogP contribution in [0.4, 0.5) is 0 Å². The Kier molecular flexibility index (Phi) is 4.81. The number of ketones is 2. The second-order valence-electron chi connectivity index (χ2n) is 5.76. The number of Topliss-reactive ketones (excluding diaryl/α,β-unsaturated/α-hetero) is 1. The molecular weight excluding hydrogens is 324 g/mol. The minimum Gasteiger partial charge on any atom is -0.501 e. The highest BCUT2D eigenvalue weighted by atomic mass is 35.5. The first-order valence-corrected chi connectivity index (χ1v) is 8.11. The van der Waals surface area contributed by atoms with E-state index in [0.717, 1.165) is 5.56 Å². The van der Waals surface area contributed by atoms with Gasteiger partial charge in [0.25, 0.3) is 0 Å². The van der Waals surface area contributed by atoms with Crippen LogP contribution in [0.1, 0.15) is 28.3 Å². The molecule has 0 amide bonds. The lowest BCUT2D eigenvalue weighted by Gasteiger charge is -2.29. The molecule has 0 bridgehead atoms. The first-order chi connectivity index (χ1) is 11.6. The number of ether oxygens (including phenoxy) is 1. The van der Waals surface area contributed by atoms with E-state index in [1.54, 1.807) is 30.3 Å². The van der Waals surface area contributed by atoms with Crippen LogP contribution < -0.4 is 0 Å². The van der Waals surface area contributed by atoms with E-state index in [1.165, 1.54) is 13.2 Å². The van der Waals surface area contributed by atoms with Gasteiger partial charge >= 0.3 is 0 Å². The average Bonchev–Trinajstić information content (AvgIpc) is 2.61. The van der Waals surface area contributed by atoms with E-state index in [4.69, 9.17) is 16.3 Å². The van der Waals surface area contributed by atoms with Crippen LogP contribution in [0.15, 0.2) is 66.4 Å². The molecular formula is C20H17ClO3. The SMILES string of the molecule is COC1=CC(=O)C(C(=O)c2ccccc2)C(c2ccccc2Cl)C1. The summed E-state index contributed by atoms with van der Waals surface area (Å²) in [5.41, 5.74) is 1.33. The van der Waals surface area contributed by atoms with Crippen molar-refractivity contribution in [2.45, 2.75) is 12.3 Å². The molecule has 1 aliphatic carbocycles. The Morgan fingerprint density at radius 1 is 1.08 bits per heavy atom. The molecule has 0 aliphatic heterocycles. The minimum atomic E-state index is -0.786. The number of halogens is 1. The summed E-state index contributed by atoms with van der Waals surface area (Å²) in [5.74, 6) is -0.971. The maximum absolute atomic E-state index is 13.0. The zero-order valence-electron chi connectivity index (χ0n) is 13.2. The Balaban J connectivity index is 2.06.